The second-order valence-corrected chi connectivity index (χ2v) is 7.92. The largest absolute Gasteiger partial charge is 0.507 e. The van der Waals surface area contributed by atoms with Gasteiger partial charge in [-0.1, -0.05) is 24.6 Å². The van der Waals surface area contributed by atoms with Crippen LogP contribution in [0.5, 0.6) is 11.5 Å². The minimum Gasteiger partial charge on any atom is -0.507 e. The quantitative estimate of drug-likeness (QED) is 0.308. The van der Waals surface area contributed by atoms with E-state index in [0.29, 0.717) is 40.9 Å². The Morgan fingerprint density at radius 3 is 2.39 bits per heavy atom. The van der Waals surface area contributed by atoms with E-state index >= 15 is 0 Å². The van der Waals surface area contributed by atoms with Gasteiger partial charge >= 0.3 is 0 Å². The zero-order chi connectivity index (χ0) is 24.0. The number of aliphatic hydroxyl groups is 1. The molecule has 176 valence electrons. The van der Waals surface area contributed by atoms with Crippen molar-refractivity contribution in [2.45, 2.75) is 26.3 Å². The Morgan fingerprint density at radius 1 is 1.03 bits per heavy atom. The Labute approximate surface area is 198 Å². The van der Waals surface area contributed by atoms with Crippen LogP contribution >= 0.6 is 11.6 Å². The summed E-state index contributed by atoms with van der Waals surface area (Å²) in [6.45, 7) is 5.24. The fraction of sp³-hybridized carbons (Fsp3) is 0.360. The van der Waals surface area contributed by atoms with Crippen molar-refractivity contribution in [1.29, 1.82) is 0 Å². The van der Waals surface area contributed by atoms with Crippen LogP contribution in [0.15, 0.2) is 48.0 Å². The molecule has 1 heterocycles. The number of methoxy groups -OCH3 is 1. The molecule has 1 N–H and O–H groups in total. The Bertz CT molecular complexity index is 1030. The maximum Gasteiger partial charge on any atom is 0.295 e. The minimum atomic E-state index is -0.810. The molecule has 0 radical (unpaired) electrons. The van der Waals surface area contributed by atoms with Crippen molar-refractivity contribution in [3.63, 3.8) is 0 Å². The molecule has 0 aliphatic carbocycles. The summed E-state index contributed by atoms with van der Waals surface area (Å²) in [4.78, 5) is 27.4. The minimum absolute atomic E-state index is 0.00287. The van der Waals surface area contributed by atoms with Crippen molar-refractivity contribution in [3.05, 3.63) is 64.2 Å². The van der Waals surface area contributed by atoms with E-state index in [-0.39, 0.29) is 24.5 Å². The van der Waals surface area contributed by atoms with Crippen LogP contribution in [0.2, 0.25) is 5.02 Å². The smallest absolute Gasteiger partial charge is 0.295 e. The third kappa shape index (κ3) is 5.31. The van der Waals surface area contributed by atoms with E-state index < -0.39 is 17.7 Å². The van der Waals surface area contributed by atoms with Gasteiger partial charge in [-0.05, 0) is 55.3 Å². The summed E-state index contributed by atoms with van der Waals surface area (Å²) >= 11 is 5.96. The molecular formula is C25H28ClNO6. The third-order valence-corrected chi connectivity index (χ3v) is 5.49. The van der Waals surface area contributed by atoms with Gasteiger partial charge in [0, 0.05) is 24.2 Å². The number of ether oxygens (including phenoxy) is 3. The highest BCUT2D eigenvalue weighted by Gasteiger charge is 2.46. The maximum absolute atomic E-state index is 13.0. The molecule has 1 aliphatic heterocycles. The number of carbonyl (C=O) groups is 2. The van der Waals surface area contributed by atoms with Crippen molar-refractivity contribution in [2.24, 2.45) is 0 Å². The van der Waals surface area contributed by atoms with Gasteiger partial charge in [-0.3, -0.25) is 9.59 Å². The summed E-state index contributed by atoms with van der Waals surface area (Å²) in [5.41, 5.74) is 1.01. The zero-order valence-electron chi connectivity index (χ0n) is 19.0. The summed E-state index contributed by atoms with van der Waals surface area (Å²) in [6.07, 6.45) is 0.839. The molecule has 0 aromatic heterocycles. The van der Waals surface area contributed by atoms with Crippen molar-refractivity contribution in [1.82, 2.24) is 4.90 Å². The van der Waals surface area contributed by atoms with Crippen molar-refractivity contribution in [3.8, 4) is 11.5 Å². The highest BCUT2D eigenvalue weighted by atomic mass is 35.5. The van der Waals surface area contributed by atoms with E-state index in [9.17, 15) is 14.7 Å². The molecule has 33 heavy (non-hydrogen) atoms. The number of Topliss-reactive ketones (excluding diaryl/α,β-unsaturated/α-hetero) is 1. The number of likely N-dealkylation sites (tertiary alicyclic amines) is 1. The zero-order valence-corrected chi connectivity index (χ0v) is 19.7. The molecule has 2 aromatic carbocycles. The average molecular weight is 474 g/mol. The highest BCUT2D eigenvalue weighted by molar-refractivity contribution is 6.46. The lowest BCUT2D eigenvalue weighted by atomic mass is 9.95. The summed E-state index contributed by atoms with van der Waals surface area (Å²) < 4.78 is 16.7. The Kier molecular flexibility index (Phi) is 8.36. The SMILES string of the molecule is CCCOc1ccc(C2/C(=C(\O)c3ccc(Cl)cc3)C(=O)C(=O)N2CCOC)cc1OCC. The van der Waals surface area contributed by atoms with Gasteiger partial charge in [-0.2, -0.15) is 0 Å². The van der Waals surface area contributed by atoms with E-state index in [1.165, 1.54) is 12.0 Å². The summed E-state index contributed by atoms with van der Waals surface area (Å²) in [5.74, 6) is -0.634. The highest BCUT2D eigenvalue weighted by Crippen LogP contribution is 2.42. The number of benzene rings is 2. The van der Waals surface area contributed by atoms with Gasteiger partial charge in [0.15, 0.2) is 11.5 Å². The summed E-state index contributed by atoms with van der Waals surface area (Å²) in [6, 6.07) is 10.9. The first-order valence-corrected chi connectivity index (χ1v) is 11.2. The summed E-state index contributed by atoms with van der Waals surface area (Å²) in [7, 11) is 1.52. The van der Waals surface area contributed by atoms with E-state index in [4.69, 9.17) is 25.8 Å². The predicted molar refractivity (Wildman–Crippen MR) is 126 cm³/mol. The number of carbonyl (C=O) groups excluding carboxylic acids is 2. The lowest BCUT2D eigenvalue weighted by Gasteiger charge is -2.26. The lowest BCUT2D eigenvalue weighted by Crippen LogP contribution is -2.32. The molecule has 2 aromatic rings. The van der Waals surface area contributed by atoms with Gasteiger partial charge in [0.05, 0.1) is 31.4 Å². The Balaban J connectivity index is 2.14. The van der Waals surface area contributed by atoms with Gasteiger partial charge < -0.3 is 24.2 Å². The Morgan fingerprint density at radius 2 is 1.76 bits per heavy atom. The van der Waals surface area contributed by atoms with E-state index in [2.05, 4.69) is 0 Å². The average Bonchev–Trinajstić information content (AvgIpc) is 3.07. The van der Waals surface area contributed by atoms with Gasteiger partial charge in [-0.25, -0.2) is 0 Å². The van der Waals surface area contributed by atoms with E-state index in [0.717, 1.165) is 6.42 Å². The number of rotatable bonds is 10. The van der Waals surface area contributed by atoms with Crippen LogP contribution in [0.1, 0.15) is 37.4 Å². The predicted octanol–water partition coefficient (Wildman–Crippen LogP) is 4.60. The van der Waals surface area contributed by atoms with Gasteiger partial charge in [0.1, 0.15) is 5.76 Å². The molecule has 1 unspecified atom stereocenters. The van der Waals surface area contributed by atoms with Crippen LogP contribution in [0.3, 0.4) is 0 Å². The standard InChI is InChI=1S/C25H28ClNO6/c1-4-13-33-19-11-8-17(15-20(19)32-5-2)22-21(23(28)16-6-9-18(26)10-7-16)24(29)25(30)27(22)12-14-31-3/h6-11,15,22,28H,4-5,12-14H2,1-3H3/b23-21+. The maximum atomic E-state index is 13.0. The Hall–Kier alpha value is -3.03. The molecule has 0 saturated carbocycles. The molecule has 1 amide bonds. The number of nitrogens with zero attached hydrogens (tertiary/aromatic N) is 1. The van der Waals surface area contributed by atoms with Crippen LogP contribution < -0.4 is 9.47 Å². The van der Waals surface area contributed by atoms with Gasteiger partial charge in [0.25, 0.3) is 11.7 Å². The first-order valence-electron chi connectivity index (χ1n) is 10.9. The molecule has 8 heteroatoms. The second-order valence-electron chi connectivity index (χ2n) is 7.48. The first-order chi connectivity index (χ1) is 15.9. The van der Waals surface area contributed by atoms with Crippen LogP contribution in [0.4, 0.5) is 0 Å². The third-order valence-electron chi connectivity index (χ3n) is 5.24. The molecule has 1 aliphatic rings. The molecular weight excluding hydrogens is 446 g/mol. The number of amides is 1. The molecule has 3 rings (SSSR count). The number of ketones is 1. The monoisotopic (exact) mass is 473 g/mol. The fourth-order valence-electron chi connectivity index (χ4n) is 3.70. The van der Waals surface area contributed by atoms with Gasteiger partial charge in [-0.15, -0.1) is 0 Å². The summed E-state index contributed by atoms with van der Waals surface area (Å²) in [5, 5.41) is 11.6. The number of halogens is 1. The molecule has 1 atom stereocenters. The van der Waals surface area contributed by atoms with E-state index in [1.54, 1.807) is 42.5 Å². The van der Waals surface area contributed by atoms with Crippen molar-refractivity contribution < 1.29 is 28.9 Å². The number of aliphatic hydroxyl groups excluding tert-OH is 1. The van der Waals surface area contributed by atoms with Crippen LogP contribution in [-0.2, 0) is 14.3 Å². The lowest BCUT2D eigenvalue weighted by molar-refractivity contribution is -0.140. The number of hydrogen-bond donors (Lipinski definition) is 1. The van der Waals surface area contributed by atoms with Crippen LogP contribution in [0, 0.1) is 0 Å². The molecule has 0 spiro atoms. The van der Waals surface area contributed by atoms with Crippen molar-refractivity contribution >= 4 is 29.1 Å². The number of hydrogen-bond acceptors (Lipinski definition) is 6. The first kappa shape index (κ1) is 24.6. The van der Waals surface area contributed by atoms with Crippen LogP contribution in [0.25, 0.3) is 5.76 Å². The fourth-order valence-corrected chi connectivity index (χ4v) is 3.83. The molecule has 1 saturated heterocycles. The molecule has 7 nitrogen and oxygen atoms in total. The molecule has 1 fully saturated rings. The second kappa shape index (κ2) is 11.2. The molecule has 0 bridgehead atoms. The normalized spacial score (nSPS) is 17.5. The van der Waals surface area contributed by atoms with Gasteiger partial charge in [0.2, 0.25) is 0 Å². The van der Waals surface area contributed by atoms with Crippen molar-refractivity contribution in [2.75, 3.05) is 33.5 Å². The van der Waals surface area contributed by atoms with Crippen LogP contribution in [-0.4, -0.2) is 55.2 Å². The topological polar surface area (TPSA) is 85.3 Å². The van der Waals surface area contributed by atoms with E-state index in [1.807, 2.05) is 13.8 Å².